The monoisotopic (exact) mass is 429 g/mol. The summed E-state index contributed by atoms with van der Waals surface area (Å²) in [6, 6.07) is 9.67. The van der Waals surface area contributed by atoms with Gasteiger partial charge in [-0.15, -0.1) is 11.3 Å². The summed E-state index contributed by atoms with van der Waals surface area (Å²) in [7, 11) is 2.56. The Labute approximate surface area is 174 Å². The van der Waals surface area contributed by atoms with Gasteiger partial charge in [0.15, 0.2) is 17.4 Å². The van der Waals surface area contributed by atoms with Gasteiger partial charge in [0.25, 0.3) is 5.56 Å². The van der Waals surface area contributed by atoms with Gasteiger partial charge in [-0.25, -0.2) is 14.6 Å². The van der Waals surface area contributed by atoms with E-state index in [9.17, 15) is 19.2 Å². The lowest BCUT2D eigenvalue weighted by Gasteiger charge is -2.10. The Morgan fingerprint density at radius 2 is 1.87 bits per heavy atom. The van der Waals surface area contributed by atoms with E-state index in [0.717, 1.165) is 14.7 Å². The Balaban J connectivity index is 1.64. The number of nitrogen functional groups attached to an aromatic ring is 1. The zero-order chi connectivity index (χ0) is 21.8. The van der Waals surface area contributed by atoms with Crippen molar-refractivity contribution in [3.63, 3.8) is 0 Å². The number of hydrogen-bond acceptors (Lipinski definition) is 9. The number of nitrogens with zero attached hydrogens (tertiary/aromatic N) is 3. The summed E-state index contributed by atoms with van der Waals surface area (Å²) < 4.78 is 6.71. The lowest BCUT2D eigenvalue weighted by atomic mass is 10.2. The number of carbonyl (C=O) groups is 2. The minimum absolute atomic E-state index is 0.0321. The van der Waals surface area contributed by atoms with Gasteiger partial charge in [0.1, 0.15) is 11.4 Å². The van der Waals surface area contributed by atoms with Crippen molar-refractivity contribution in [1.29, 1.82) is 0 Å². The molecule has 156 valence electrons. The molecule has 10 nitrogen and oxygen atoms in total. The van der Waals surface area contributed by atoms with E-state index in [4.69, 9.17) is 10.5 Å². The summed E-state index contributed by atoms with van der Waals surface area (Å²) in [6.07, 6.45) is 0. The van der Waals surface area contributed by atoms with Crippen LogP contribution < -0.4 is 22.3 Å². The summed E-state index contributed by atoms with van der Waals surface area (Å²) in [5.41, 5.74) is 4.89. The van der Waals surface area contributed by atoms with E-state index in [1.165, 1.54) is 30.8 Å². The summed E-state index contributed by atoms with van der Waals surface area (Å²) >= 11 is 1.22. The number of anilines is 2. The molecule has 3 rings (SSSR count). The largest absolute Gasteiger partial charge is 0.453 e. The highest BCUT2D eigenvalue weighted by Gasteiger charge is 2.22. The van der Waals surface area contributed by atoms with Crippen molar-refractivity contribution in [2.45, 2.75) is 6.54 Å². The predicted molar refractivity (Wildman–Crippen MR) is 112 cm³/mol. The minimum Gasteiger partial charge on any atom is -0.453 e. The van der Waals surface area contributed by atoms with Gasteiger partial charge in [-0.2, -0.15) is 0 Å². The highest BCUT2D eigenvalue weighted by atomic mass is 32.1. The molecule has 0 spiro atoms. The van der Waals surface area contributed by atoms with E-state index >= 15 is 0 Å². The third-order valence-electron chi connectivity index (χ3n) is 4.32. The molecule has 2 aromatic heterocycles. The summed E-state index contributed by atoms with van der Waals surface area (Å²) in [5.74, 6) is -1.91. The van der Waals surface area contributed by atoms with Crippen LogP contribution in [0.2, 0.25) is 0 Å². The van der Waals surface area contributed by atoms with Gasteiger partial charge < -0.3 is 15.8 Å². The first kappa shape index (κ1) is 21.0. The number of aromatic nitrogens is 3. The average molecular weight is 429 g/mol. The van der Waals surface area contributed by atoms with Crippen molar-refractivity contribution in [1.82, 2.24) is 14.1 Å². The molecule has 0 unspecified atom stereocenters. The number of esters is 1. The fourth-order valence-electron chi connectivity index (χ4n) is 2.62. The van der Waals surface area contributed by atoms with Crippen LogP contribution in [-0.2, 0) is 25.4 Å². The number of ether oxygens (including phenoxy) is 1. The van der Waals surface area contributed by atoms with Crippen LogP contribution in [-0.4, -0.2) is 32.5 Å². The first-order chi connectivity index (χ1) is 14.3. The van der Waals surface area contributed by atoms with Crippen molar-refractivity contribution in [2.75, 3.05) is 17.7 Å². The summed E-state index contributed by atoms with van der Waals surface area (Å²) in [4.78, 5) is 52.7. The summed E-state index contributed by atoms with van der Waals surface area (Å²) in [5, 5.41) is 5.12. The number of hydrogen-bond donors (Lipinski definition) is 2. The molecule has 0 aliphatic heterocycles. The molecular weight excluding hydrogens is 410 g/mol. The van der Waals surface area contributed by atoms with Crippen LogP contribution in [0.3, 0.4) is 0 Å². The lowest BCUT2D eigenvalue weighted by molar-refractivity contribution is 0.0469. The molecule has 0 bridgehead atoms. The predicted octanol–water partition coefficient (Wildman–Crippen LogP) is 0.774. The van der Waals surface area contributed by atoms with Crippen LogP contribution >= 0.6 is 11.3 Å². The van der Waals surface area contributed by atoms with E-state index in [1.807, 2.05) is 30.3 Å². The molecular formula is C19H19N5O5S. The molecule has 3 N–H and O–H groups in total. The highest BCUT2D eigenvalue weighted by molar-refractivity contribution is 7.13. The molecule has 0 aliphatic rings. The van der Waals surface area contributed by atoms with Crippen molar-refractivity contribution in [3.8, 4) is 0 Å². The number of thiazole rings is 1. The zero-order valence-electron chi connectivity index (χ0n) is 16.2. The third-order valence-corrected chi connectivity index (χ3v) is 5.12. The SMILES string of the molecule is Cn1c(N)c(C(=O)COC(=O)c2csc(NCc3ccccc3)n2)c(=O)n(C)c1=O. The van der Waals surface area contributed by atoms with Crippen LogP contribution in [0.5, 0.6) is 0 Å². The van der Waals surface area contributed by atoms with Crippen molar-refractivity contribution < 1.29 is 14.3 Å². The molecule has 0 atom stereocenters. The Morgan fingerprint density at radius 1 is 1.17 bits per heavy atom. The smallest absolute Gasteiger partial charge is 0.358 e. The first-order valence-corrected chi connectivity index (χ1v) is 9.66. The molecule has 1 aromatic carbocycles. The van der Waals surface area contributed by atoms with Crippen LogP contribution in [0, 0.1) is 0 Å². The second kappa shape index (κ2) is 8.74. The number of nitrogens with one attached hydrogen (secondary N) is 1. The van der Waals surface area contributed by atoms with Crippen LogP contribution in [0.15, 0.2) is 45.3 Å². The maximum atomic E-state index is 12.4. The van der Waals surface area contributed by atoms with Crippen LogP contribution in [0.25, 0.3) is 0 Å². The zero-order valence-corrected chi connectivity index (χ0v) is 17.1. The number of nitrogens with two attached hydrogens (primary N) is 1. The molecule has 3 aromatic rings. The Bertz CT molecular complexity index is 1210. The van der Waals surface area contributed by atoms with E-state index in [1.54, 1.807) is 0 Å². The van der Waals surface area contributed by atoms with Gasteiger partial charge in [0.2, 0.25) is 5.78 Å². The Kier molecular flexibility index (Phi) is 6.11. The number of rotatable bonds is 7. The number of ketones is 1. The van der Waals surface area contributed by atoms with Crippen LogP contribution in [0.4, 0.5) is 10.9 Å². The topological polar surface area (TPSA) is 138 Å². The maximum absolute atomic E-state index is 12.4. The quantitative estimate of drug-likeness (QED) is 0.415. The van der Waals surface area contributed by atoms with Gasteiger partial charge in [0, 0.05) is 26.0 Å². The lowest BCUT2D eigenvalue weighted by Crippen LogP contribution is -2.42. The summed E-state index contributed by atoms with van der Waals surface area (Å²) in [6.45, 7) is -0.169. The van der Waals surface area contributed by atoms with Crippen LogP contribution in [0.1, 0.15) is 26.4 Å². The van der Waals surface area contributed by atoms with E-state index in [0.29, 0.717) is 11.7 Å². The molecule has 0 radical (unpaired) electrons. The number of Topliss-reactive ketones (excluding diaryl/α,β-unsaturated/α-hetero) is 1. The number of carbonyl (C=O) groups excluding carboxylic acids is 2. The van der Waals surface area contributed by atoms with Gasteiger partial charge in [-0.1, -0.05) is 30.3 Å². The molecule has 0 amide bonds. The van der Waals surface area contributed by atoms with Gasteiger partial charge >= 0.3 is 11.7 Å². The molecule has 0 fully saturated rings. The average Bonchev–Trinajstić information content (AvgIpc) is 3.23. The minimum atomic E-state index is -0.849. The fourth-order valence-corrected chi connectivity index (χ4v) is 3.30. The maximum Gasteiger partial charge on any atom is 0.358 e. The van der Waals surface area contributed by atoms with Gasteiger partial charge in [-0.05, 0) is 5.56 Å². The molecule has 0 aliphatic carbocycles. The second-order valence-electron chi connectivity index (χ2n) is 6.34. The van der Waals surface area contributed by atoms with E-state index in [2.05, 4.69) is 10.3 Å². The third kappa shape index (κ3) is 4.30. The van der Waals surface area contributed by atoms with Crippen molar-refractivity contribution >= 4 is 34.0 Å². The molecule has 2 heterocycles. The van der Waals surface area contributed by atoms with E-state index < -0.39 is 35.2 Å². The fraction of sp³-hybridized carbons (Fsp3) is 0.211. The molecule has 11 heteroatoms. The van der Waals surface area contributed by atoms with Gasteiger partial charge in [-0.3, -0.25) is 18.7 Å². The standard InChI is InChI=1S/C19H19N5O5S/c1-23-15(20)14(16(26)24(2)19(23)28)13(25)9-29-17(27)12-10-30-18(22-12)21-8-11-6-4-3-5-7-11/h3-7,10H,8-9,20H2,1-2H3,(H,21,22). The molecule has 30 heavy (non-hydrogen) atoms. The Hall–Kier alpha value is -3.73. The van der Waals surface area contributed by atoms with Crippen molar-refractivity contribution in [3.05, 3.63) is 73.4 Å². The van der Waals surface area contributed by atoms with E-state index in [-0.39, 0.29) is 11.5 Å². The number of benzene rings is 1. The van der Waals surface area contributed by atoms with Crippen molar-refractivity contribution in [2.24, 2.45) is 14.1 Å². The molecule has 0 saturated heterocycles. The Morgan fingerprint density at radius 3 is 2.57 bits per heavy atom. The normalized spacial score (nSPS) is 10.6. The molecule has 0 saturated carbocycles. The highest BCUT2D eigenvalue weighted by Crippen LogP contribution is 2.17. The second-order valence-corrected chi connectivity index (χ2v) is 7.20. The van der Waals surface area contributed by atoms with Gasteiger partial charge in [0.05, 0.1) is 0 Å². The first-order valence-electron chi connectivity index (χ1n) is 8.78.